The summed E-state index contributed by atoms with van der Waals surface area (Å²) in [5.74, 6) is 1.65. The van der Waals surface area contributed by atoms with Gasteiger partial charge in [-0.3, -0.25) is 14.9 Å². The van der Waals surface area contributed by atoms with E-state index in [1.165, 1.54) is 0 Å². The maximum atomic E-state index is 9.51. The zero-order valence-electron chi connectivity index (χ0n) is 23.1. The first-order chi connectivity index (χ1) is 19.5. The van der Waals surface area contributed by atoms with Crippen molar-refractivity contribution >= 4 is 28.5 Å². The smallest absolute Gasteiger partial charge is 0.227 e. The number of benzene rings is 1. The van der Waals surface area contributed by atoms with Crippen LogP contribution in [0.15, 0.2) is 36.8 Å². The first-order valence-electron chi connectivity index (χ1n) is 13.9. The monoisotopic (exact) mass is 544 g/mol. The molecule has 0 unspecified atom stereocenters. The van der Waals surface area contributed by atoms with E-state index in [0.717, 1.165) is 62.8 Å². The Labute approximate surface area is 234 Å². The minimum absolute atomic E-state index is 0.0000117. The molecule has 3 aliphatic heterocycles. The Bertz CT molecular complexity index is 1370. The summed E-state index contributed by atoms with van der Waals surface area (Å²) in [4.78, 5) is 27.6. The molecule has 5 heterocycles. The number of ether oxygens (including phenoxy) is 2. The third-order valence-electron chi connectivity index (χ3n) is 8.07. The van der Waals surface area contributed by atoms with Gasteiger partial charge in [-0.15, -0.1) is 0 Å². The fourth-order valence-electron chi connectivity index (χ4n) is 6.06. The number of fused-ring (bicyclic) bond motifs is 1. The largest absolute Gasteiger partial charge is 0.378 e. The molecule has 40 heavy (non-hydrogen) atoms. The van der Waals surface area contributed by atoms with Crippen LogP contribution in [-0.2, 0) is 9.47 Å². The summed E-state index contributed by atoms with van der Waals surface area (Å²) in [6, 6.07) is 8.01. The van der Waals surface area contributed by atoms with Crippen molar-refractivity contribution in [3.8, 4) is 6.07 Å². The maximum Gasteiger partial charge on any atom is 0.227 e. The van der Waals surface area contributed by atoms with E-state index in [2.05, 4.69) is 47.5 Å². The van der Waals surface area contributed by atoms with Crippen LogP contribution in [0.2, 0.25) is 0 Å². The number of hydrogen-bond donors (Lipinski definition) is 1. The van der Waals surface area contributed by atoms with Crippen molar-refractivity contribution < 1.29 is 9.47 Å². The molecular formula is C28H36N10O2. The molecule has 3 saturated heterocycles. The number of nitrogens with two attached hydrogens (primary N) is 1. The zero-order chi connectivity index (χ0) is 27.6. The van der Waals surface area contributed by atoms with Gasteiger partial charge in [0.15, 0.2) is 0 Å². The minimum atomic E-state index is -0.0370. The Morgan fingerprint density at radius 1 is 0.950 bits per heavy atom. The molecule has 0 spiro atoms. The van der Waals surface area contributed by atoms with Crippen LogP contribution in [0.4, 0.5) is 17.5 Å². The fraction of sp³-hybridized carbons (Fsp3) is 0.536. The average Bonchev–Trinajstić information content (AvgIpc) is 3.37. The molecule has 3 aromatic rings. The second-order valence-electron chi connectivity index (χ2n) is 10.8. The van der Waals surface area contributed by atoms with Crippen LogP contribution in [-0.4, -0.2) is 115 Å². The Morgan fingerprint density at radius 2 is 1.75 bits per heavy atom. The van der Waals surface area contributed by atoms with Crippen molar-refractivity contribution in [1.29, 1.82) is 5.26 Å². The summed E-state index contributed by atoms with van der Waals surface area (Å²) in [7, 11) is 1.70. The van der Waals surface area contributed by atoms with Gasteiger partial charge in [0.05, 0.1) is 35.6 Å². The lowest BCUT2D eigenvalue weighted by molar-refractivity contribution is -0.0327. The molecule has 12 heteroatoms. The van der Waals surface area contributed by atoms with E-state index in [0.29, 0.717) is 30.1 Å². The van der Waals surface area contributed by atoms with Gasteiger partial charge < -0.3 is 29.9 Å². The van der Waals surface area contributed by atoms with Crippen LogP contribution in [0.25, 0.3) is 11.0 Å². The Hall–Kier alpha value is -3.63. The van der Waals surface area contributed by atoms with Crippen LogP contribution >= 0.6 is 0 Å². The highest BCUT2D eigenvalue weighted by atomic mass is 16.5. The Morgan fingerprint density at radius 3 is 2.50 bits per heavy atom. The molecule has 0 amide bonds. The van der Waals surface area contributed by atoms with E-state index in [4.69, 9.17) is 20.2 Å². The lowest BCUT2D eigenvalue weighted by Crippen LogP contribution is -2.54. The molecule has 4 atom stereocenters. The molecular weight excluding hydrogens is 508 g/mol. The van der Waals surface area contributed by atoms with Crippen molar-refractivity contribution in [2.75, 3.05) is 80.7 Å². The first-order valence-corrected chi connectivity index (χ1v) is 13.9. The maximum absolute atomic E-state index is 9.51. The molecule has 0 bridgehead atoms. The fourth-order valence-corrected chi connectivity index (χ4v) is 6.06. The Kier molecular flexibility index (Phi) is 7.62. The molecule has 210 valence electrons. The SMILES string of the molecule is CO[C@H]1CN(c2nccc(N3CCN(C[C@H]4CN(c5ccc(C#N)c6nccnc56)C[C@@H](C)O4)CC3)n2)C[C@@H]1N. The number of anilines is 3. The summed E-state index contributed by atoms with van der Waals surface area (Å²) in [6.45, 7) is 9.53. The van der Waals surface area contributed by atoms with E-state index < -0.39 is 0 Å². The number of morpholine rings is 1. The standard InChI is InChI=1S/C28H36N10O2/c1-19-14-37(23-4-3-20(13-29)26-27(23)32-8-7-31-26)16-21(40-19)15-35-9-11-36(12-10-35)25-5-6-33-28(34-25)38-17-22(30)24(18-38)39-2/h3-8,19,21-22,24H,9-12,14-18,30H2,1-2H3/t19-,21+,22+,24+/m1/s1. The summed E-state index contributed by atoms with van der Waals surface area (Å²) >= 11 is 0. The predicted molar refractivity (Wildman–Crippen MR) is 152 cm³/mol. The molecule has 0 saturated carbocycles. The van der Waals surface area contributed by atoms with Gasteiger partial charge in [0.1, 0.15) is 22.9 Å². The normalized spacial score (nSPS) is 25.9. The van der Waals surface area contributed by atoms with Gasteiger partial charge in [0.25, 0.3) is 0 Å². The number of piperazine rings is 1. The average molecular weight is 545 g/mol. The Balaban J connectivity index is 1.08. The second kappa shape index (κ2) is 11.5. The van der Waals surface area contributed by atoms with Crippen molar-refractivity contribution in [2.45, 2.75) is 31.3 Å². The summed E-state index contributed by atoms with van der Waals surface area (Å²) < 4.78 is 11.9. The van der Waals surface area contributed by atoms with Crippen LogP contribution in [0.1, 0.15) is 12.5 Å². The van der Waals surface area contributed by atoms with Gasteiger partial charge in [-0.1, -0.05) is 0 Å². The van der Waals surface area contributed by atoms with Gasteiger partial charge in [0.2, 0.25) is 5.95 Å². The van der Waals surface area contributed by atoms with E-state index in [-0.39, 0.29) is 24.4 Å². The molecule has 0 aliphatic carbocycles. The highest BCUT2D eigenvalue weighted by molar-refractivity contribution is 5.92. The number of hydrogen-bond acceptors (Lipinski definition) is 12. The molecule has 1 aromatic carbocycles. The van der Waals surface area contributed by atoms with Crippen molar-refractivity contribution in [3.05, 3.63) is 42.4 Å². The summed E-state index contributed by atoms with van der Waals surface area (Å²) in [5, 5.41) is 9.51. The van der Waals surface area contributed by atoms with Crippen LogP contribution in [0.3, 0.4) is 0 Å². The molecule has 2 aromatic heterocycles. The van der Waals surface area contributed by atoms with Gasteiger partial charge in [-0.05, 0) is 25.1 Å². The number of rotatable bonds is 6. The van der Waals surface area contributed by atoms with Gasteiger partial charge in [-0.2, -0.15) is 10.2 Å². The van der Waals surface area contributed by atoms with Crippen LogP contribution in [0.5, 0.6) is 0 Å². The van der Waals surface area contributed by atoms with Crippen LogP contribution in [0, 0.1) is 11.3 Å². The third kappa shape index (κ3) is 5.38. The lowest BCUT2D eigenvalue weighted by atomic mass is 10.1. The van der Waals surface area contributed by atoms with Crippen molar-refractivity contribution in [1.82, 2.24) is 24.8 Å². The third-order valence-corrected chi connectivity index (χ3v) is 8.07. The molecule has 2 N–H and O–H groups in total. The van der Waals surface area contributed by atoms with Crippen LogP contribution < -0.4 is 20.4 Å². The second-order valence-corrected chi connectivity index (χ2v) is 10.8. The molecule has 6 rings (SSSR count). The highest BCUT2D eigenvalue weighted by Gasteiger charge is 2.33. The molecule has 12 nitrogen and oxygen atoms in total. The van der Waals surface area contributed by atoms with Crippen molar-refractivity contribution in [3.63, 3.8) is 0 Å². The van der Waals surface area contributed by atoms with Gasteiger partial charge in [0, 0.05) is 84.6 Å². The summed E-state index contributed by atoms with van der Waals surface area (Å²) in [6.07, 6.45) is 5.30. The number of methoxy groups -OCH3 is 1. The minimum Gasteiger partial charge on any atom is -0.378 e. The predicted octanol–water partition coefficient (Wildman–Crippen LogP) is 0.870. The van der Waals surface area contributed by atoms with Gasteiger partial charge >= 0.3 is 0 Å². The summed E-state index contributed by atoms with van der Waals surface area (Å²) in [5.41, 5.74) is 9.16. The molecule has 3 aliphatic rings. The van der Waals surface area contributed by atoms with Gasteiger partial charge in [-0.25, -0.2) is 4.98 Å². The highest BCUT2D eigenvalue weighted by Crippen LogP contribution is 2.29. The number of aromatic nitrogens is 4. The zero-order valence-corrected chi connectivity index (χ0v) is 23.1. The number of nitriles is 1. The quantitative estimate of drug-likeness (QED) is 0.472. The van der Waals surface area contributed by atoms with E-state index in [9.17, 15) is 5.26 Å². The van der Waals surface area contributed by atoms with Crippen molar-refractivity contribution in [2.24, 2.45) is 5.73 Å². The molecule has 3 fully saturated rings. The first kappa shape index (κ1) is 26.6. The molecule has 0 radical (unpaired) electrons. The number of nitrogens with zero attached hydrogens (tertiary/aromatic N) is 9. The topological polar surface area (TPSA) is 133 Å². The van der Waals surface area contributed by atoms with E-state index in [1.54, 1.807) is 19.5 Å². The van der Waals surface area contributed by atoms with E-state index in [1.807, 2.05) is 24.4 Å². The lowest BCUT2D eigenvalue weighted by Gasteiger charge is -2.42. The van der Waals surface area contributed by atoms with E-state index >= 15 is 0 Å².